The number of rotatable bonds is 2. The van der Waals surface area contributed by atoms with E-state index in [0.717, 1.165) is 5.57 Å². The van der Waals surface area contributed by atoms with Crippen molar-refractivity contribution in [3.8, 4) is 0 Å². The van der Waals surface area contributed by atoms with Crippen LogP contribution in [0.2, 0.25) is 0 Å². The predicted octanol–water partition coefficient (Wildman–Crippen LogP) is 0.644. The molecule has 3 rings (SSSR count). The molecular weight excluding hydrogens is 208 g/mol. The highest BCUT2D eigenvalue weighted by Crippen LogP contribution is 2.58. The molecule has 3 aliphatic rings. The number of aliphatic hydroxyl groups is 1. The van der Waals surface area contributed by atoms with Crippen LogP contribution in [0.25, 0.3) is 0 Å². The maximum Gasteiger partial charge on any atom is 0.315 e. The van der Waals surface area contributed by atoms with Crippen LogP contribution in [-0.2, 0) is 14.3 Å². The molecule has 16 heavy (non-hydrogen) atoms. The van der Waals surface area contributed by atoms with Crippen LogP contribution in [0.5, 0.6) is 0 Å². The van der Waals surface area contributed by atoms with Crippen molar-refractivity contribution in [2.45, 2.75) is 38.1 Å². The predicted molar refractivity (Wildman–Crippen MR) is 55.6 cm³/mol. The topological polar surface area (TPSA) is 59.1 Å². The number of carbonyl (C=O) groups is 1. The van der Waals surface area contributed by atoms with E-state index in [4.69, 9.17) is 9.47 Å². The van der Waals surface area contributed by atoms with Gasteiger partial charge in [0.05, 0.1) is 18.8 Å². The first-order valence-corrected chi connectivity index (χ1v) is 5.71. The lowest BCUT2D eigenvalue weighted by molar-refractivity contribution is -0.148. The molecule has 2 saturated heterocycles. The summed E-state index contributed by atoms with van der Waals surface area (Å²) in [5.41, 5.74) is 0.279. The van der Waals surface area contributed by atoms with Gasteiger partial charge >= 0.3 is 5.97 Å². The number of hydrogen-bond acceptors (Lipinski definition) is 4. The van der Waals surface area contributed by atoms with Gasteiger partial charge in [-0.2, -0.15) is 0 Å². The van der Waals surface area contributed by atoms with Crippen molar-refractivity contribution >= 4 is 5.97 Å². The number of cyclic esters (lactones) is 1. The van der Waals surface area contributed by atoms with Gasteiger partial charge in [-0.1, -0.05) is 5.57 Å². The van der Waals surface area contributed by atoms with Crippen LogP contribution in [0.1, 0.15) is 19.8 Å². The van der Waals surface area contributed by atoms with E-state index in [1.165, 1.54) is 0 Å². The third-order valence-electron chi connectivity index (χ3n) is 4.06. The molecule has 2 heterocycles. The van der Waals surface area contributed by atoms with Crippen LogP contribution in [0.3, 0.4) is 0 Å². The fourth-order valence-electron chi connectivity index (χ4n) is 3.36. The Hall–Kier alpha value is -0.870. The van der Waals surface area contributed by atoms with Gasteiger partial charge in [0.2, 0.25) is 0 Å². The number of epoxide rings is 1. The van der Waals surface area contributed by atoms with Crippen molar-refractivity contribution in [2.24, 2.45) is 11.3 Å². The minimum atomic E-state index is -0.659. The van der Waals surface area contributed by atoms with Crippen molar-refractivity contribution in [3.63, 3.8) is 0 Å². The summed E-state index contributed by atoms with van der Waals surface area (Å²) in [5.74, 6) is -0.341. The largest absolute Gasteiger partial charge is 0.465 e. The van der Waals surface area contributed by atoms with Gasteiger partial charge in [0.25, 0.3) is 0 Å². The number of fused-ring (bicyclic) bond motifs is 3. The molecule has 0 aromatic rings. The number of hydrogen-bond donors (Lipinski definition) is 1. The lowest BCUT2D eigenvalue weighted by Gasteiger charge is -2.35. The smallest absolute Gasteiger partial charge is 0.315 e. The zero-order valence-corrected chi connectivity index (χ0v) is 9.31. The third-order valence-corrected chi connectivity index (χ3v) is 4.06. The second kappa shape index (κ2) is 3.08. The van der Waals surface area contributed by atoms with Crippen LogP contribution in [0, 0.1) is 11.3 Å². The van der Waals surface area contributed by atoms with Crippen LogP contribution in [0.4, 0.5) is 0 Å². The lowest BCUT2D eigenvalue weighted by atomic mass is 9.63. The van der Waals surface area contributed by atoms with Gasteiger partial charge in [0.15, 0.2) is 0 Å². The number of allylic oxidation sites excluding steroid dienone is 1. The Bertz CT molecular complexity index is 364. The van der Waals surface area contributed by atoms with E-state index in [1.807, 2.05) is 6.92 Å². The van der Waals surface area contributed by atoms with Crippen molar-refractivity contribution in [1.82, 2.24) is 0 Å². The number of carbonyl (C=O) groups excluding carboxylic acids is 1. The maximum atomic E-state index is 12.0. The molecule has 4 nitrogen and oxygen atoms in total. The fraction of sp³-hybridized carbons (Fsp3) is 0.750. The van der Waals surface area contributed by atoms with Crippen molar-refractivity contribution in [1.29, 1.82) is 0 Å². The van der Waals surface area contributed by atoms with Gasteiger partial charge in [-0.15, -0.1) is 6.58 Å². The molecule has 1 saturated carbocycles. The van der Waals surface area contributed by atoms with Gasteiger partial charge in [0, 0.05) is 12.3 Å². The first-order chi connectivity index (χ1) is 7.55. The highest BCUT2D eigenvalue weighted by Gasteiger charge is 2.70. The molecule has 0 radical (unpaired) electrons. The Morgan fingerprint density at radius 3 is 3.12 bits per heavy atom. The normalized spacial score (nSPS) is 49.2. The number of ether oxygens (including phenoxy) is 2. The van der Waals surface area contributed by atoms with Crippen LogP contribution >= 0.6 is 0 Å². The average Bonchev–Trinajstić information content (AvgIpc) is 2.87. The summed E-state index contributed by atoms with van der Waals surface area (Å²) >= 11 is 0. The molecule has 2 aliphatic heterocycles. The molecule has 4 heteroatoms. The lowest BCUT2D eigenvalue weighted by Crippen LogP contribution is -2.48. The summed E-state index contributed by atoms with van der Waals surface area (Å²) in [6, 6.07) is 0. The third kappa shape index (κ3) is 1.14. The van der Waals surface area contributed by atoms with Gasteiger partial charge in [-0.25, -0.2) is 0 Å². The second-order valence-corrected chi connectivity index (χ2v) is 5.28. The molecule has 1 aliphatic carbocycles. The van der Waals surface area contributed by atoms with Crippen LogP contribution < -0.4 is 0 Å². The van der Waals surface area contributed by atoms with E-state index < -0.39 is 11.5 Å². The van der Waals surface area contributed by atoms with Crippen molar-refractivity contribution < 1.29 is 19.4 Å². The van der Waals surface area contributed by atoms with Crippen LogP contribution in [-0.4, -0.2) is 36.0 Å². The van der Waals surface area contributed by atoms with E-state index >= 15 is 0 Å². The van der Waals surface area contributed by atoms with E-state index in [-0.39, 0.29) is 24.1 Å². The Labute approximate surface area is 94.2 Å². The zero-order valence-electron chi connectivity index (χ0n) is 9.31. The molecule has 0 aromatic carbocycles. The molecular formula is C12H16O4. The maximum absolute atomic E-state index is 12.0. The monoisotopic (exact) mass is 224 g/mol. The fourth-order valence-corrected chi connectivity index (χ4v) is 3.36. The Balaban J connectivity index is 2.00. The van der Waals surface area contributed by atoms with E-state index in [0.29, 0.717) is 19.4 Å². The molecule has 0 unspecified atom stereocenters. The van der Waals surface area contributed by atoms with Crippen LogP contribution in [0.15, 0.2) is 12.2 Å². The van der Waals surface area contributed by atoms with E-state index in [9.17, 15) is 9.90 Å². The molecule has 0 amide bonds. The Kier molecular flexibility index (Phi) is 1.98. The van der Waals surface area contributed by atoms with Gasteiger partial charge in [-0.3, -0.25) is 4.79 Å². The number of aliphatic hydroxyl groups excluding tert-OH is 1. The quantitative estimate of drug-likeness (QED) is 0.425. The standard InChI is InChI=1S/C12H16O4/c1-6(2)4-12-7(5-15-11(12)14)8(13)3-9-10(12)16-9/h7-10,13H,1,3-5H2,2H3/t7-,8-,9+,10+,12-/m0/s1. The summed E-state index contributed by atoms with van der Waals surface area (Å²) in [5, 5.41) is 10.0. The average molecular weight is 224 g/mol. The zero-order chi connectivity index (χ0) is 11.5. The molecule has 88 valence electrons. The summed E-state index contributed by atoms with van der Waals surface area (Å²) in [7, 11) is 0. The summed E-state index contributed by atoms with van der Waals surface area (Å²) < 4.78 is 10.7. The minimum Gasteiger partial charge on any atom is -0.465 e. The van der Waals surface area contributed by atoms with Crippen molar-refractivity contribution in [3.05, 3.63) is 12.2 Å². The molecule has 5 atom stereocenters. The van der Waals surface area contributed by atoms with E-state index in [1.54, 1.807) is 0 Å². The second-order valence-electron chi connectivity index (χ2n) is 5.28. The summed E-state index contributed by atoms with van der Waals surface area (Å²) in [6.45, 7) is 6.09. The molecule has 0 aromatic heterocycles. The Morgan fingerprint density at radius 2 is 2.44 bits per heavy atom. The molecule has 1 N–H and O–H groups in total. The molecule has 0 spiro atoms. The SMILES string of the molecule is C=C(C)C[C@]12C(=O)OC[C@H]1[C@@H](O)C[C@H]1O[C@H]12. The highest BCUT2D eigenvalue weighted by molar-refractivity contribution is 5.81. The molecule has 0 bridgehead atoms. The van der Waals surface area contributed by atoms with Gasteiger partial charge in [-0.05, 0) is 13.3 Å². The highest BCUT2D eigenvalue weighted by atomic mass is 16.6. The van der Waals surface area contributed by atoms with Crippen molar-refractivity contribution in [2.75, 3.05) is 6.61 Å². The first-order valence-electron chi connectivity index (χ1n) is 5.71. The Morgan fingerprint density at radius 1 is 1.69 bits per heavy atom. The minimum absolute atomic E-state index is 0.0382. The summed E-state index contributed by atoms with van der Waals surface area (Å²) in [6.07, 6.45) is 0.678. The number of esters is 1. The van der Waals surface area contributed by atoms with Gasteiger partial charge < -0.3 is 14.6 Å². The first kappa shape index (κ1) is 10.3. The summed E-state index contributed by atoms with van der Waals surface area (Å²) in [4.78, 5) is 12.0. The van der Waals surface area contributed by atoms with Gasteiger partial charge in [0.1, 0.15) is 11.5 Å². The van der Waals surface area contributed by atoms with E-state index in [2.05, 4.69) is 6.58 Å². The molecule has 3 fully saturated rings.